The number of aryl methyl sites for hydroxylation is 1. The van der Waals surface area contributed by atoms with Crippen molar-refractivity contribution in [3.8, 4) is 0 Å². The van der Waals surface area contributed by atoms with Gasteiger partial charge in [0.1, 0.15) is 5.03 Å². The zero-order valence-corrected chi connectivity index (χ0v) is 9.06. The molecule has 0 atom stereocenters. The van der Waals surface area contributed by atoms with Crippen LogP contribution in [0.3, 0.4) is 0 Å². The molecule has 0 saturated carbocycles. The van der Waals surface area contributed by atoms with Crippen LogP contribution in [0, 0.1) is 6.92 Å². The van der Waals surface area contributed by atoms with Crippen molar-refractivity contribution in [2.45, 2.75) is 13.1 Å². The fourth-order valence-corrected chi connectivity index (χ4v) is 1.37. The number of hydrogen-bond acceptors (Lipinski definition) is 1. The summed E-state index contributed by atoms with van der Waals surface area (Å²) in [6.07, 6.45) is -4.59. The fourth-order valence-electron chi connectivity index (χ4n) is 1.21. The highest BCUT2D eigenvalue weighted by atomic mass is 35.5. The van der Waals surface area contributed by atoms with Crippen LogP contribution in [0.4, 0.5) is 13.2 Å². The molecule has 1 aromatic rings. The van der Waals surface area contributed by atoms with E-state index < -0.39 is 16.8 Å². The third-order valence-electron chi connectivity index (χ3n) is 1.93. The Bertz CT molecular complexity index is 435. The molecule has 0 aliphatic heterocycles. The molecule has 86 valence electrons. The van der Waals surface area contributed by atoms with Crippen molar-refractivity contribution in [3.05, 3.63) is 40.4 Å². The van der Waals surface area contributed by atoms with Gasteiger partial charge in [-0.15, -0.1) is 0 Å². The highest BCUT2D eigenvalue weighted by Crippen LogP contribution is 2.34. The van der Waals surface area contributed by atoms with Crippen LogP contribution in [0.15, 0.2) is 29.3 Å². The zero-order valence-electron chi connectivity index (χ0n) is 8.31. The van der Waals surface area contributed by atoms with E-state index in [0.29, 0.717) is 0 Å². The Balaban J connectivity index is 3.33. The smallest absolute Gasteiger partial charge is 0.298 e. The topological polar surface area (TPSA) is 17.1 Å². The number of hydrogen-bond donors (Lipinski definition) is 0. The number of aldehydes is 1. The van der Waals surface area contributed by atoms with Gasteiger partial charge in [-0.3, -0.25) is 4.79 Å². The lowest BCUT2D eigenvalue weighted by molar-refractivity contribution is -0.104. The first kappa shape index (κ1) is 12.8. The molecule has 5 heteroatoms. The Morgan fingerprint density at radius 3 is 2.44 bits per heavy atom. The third-order valence-corrected chi connectivity index (χ3v) is 2.35. The molecule has 0 heterocycles. The number of allylic oxidation sites excluding steroid dienone is 2. The maximum atomic E-state index is 12.3. The largest absolute Gasteiger partial charge is 0.427 e. The number of halogens is 4. The first-order valence-electron chi connectivity index (χ1n) is 4.35. The van der Waals surface area contributed by atoms with Crippen molar-refractivity contribution in [1.82, 2.24) is 0 Å². The molecule has 0 aromatic heterocycles. The van der Waals surface area contributed by atoms with Gasteiger partial charge in [0.15, 0.2) is 6.29 Å². The average Bonchev–Trinajstić information content (AvgIpc) is 2.17. The zero-order chi connectivity index (χ0) is 12.3. The minimum absolute atomic E-state index is 0.116. The van der Waals surface area contributed by atoms with E-state index in [4.69, 9.17) is 11.6 Å². The van der Waals surface area contributed by atoms with Crippen molar-refractivity contribution in [2.24, 2.45) is 0 Å². The van der Waals surface area contributed by atoms with Crippen LogP contribution in [0.5, 0.6) is 0 Å². The highest BCUT2D eigenvalue weighted by Gasteiger charge is 2.35. The van der Waals surface area contributed by atoms with Crippen LogP contribution in [-0.2, 0) is 4.79 Å². The maximum Gasteiger partial charge on any atom is 0.427 e. The van der Waals surface area contributed by atoms with Crippen molar-refractivity contribution >= 4 is 23.5 Å². The van der Waals surface area contributed by atoms with Crippen LogP contribution in [0.25, 0.3) is 5.57 Å². The van der Waals surface area contributed by atoms with Crippen LogP contribution in [-0.4, -0.2) is 12.5 Å². The number of carbonyl (C=O) groups excluding carboxylic acids is 1. The Morgan fingerprint density at radius 2 is 2.00 bits per heavy atom. The molecule has 0 unspecified atom stereocenters. The molecular formula is C11H8ClF3O. The number of benzene rings is 1. The summed E-state index contributed by atoms with van der Waals surface area (Å²) in [4.78, 5) is 10.7. The van der Waals surface area contributed by atoms with Crippen LogP contribution >= 0.6 is 11.6 Å². The molecular weight excluding hydrogens is 241 g/mol. The minimum atomic E-state index is -4.71. The molecule has 0 amide bonds. The van der Waals surface area contributed by atoms with Crippen molar-refractivity contribution in [3.63, 3.8) is 0 Å². The van der Waals surface area contributed by atoms with E-state index in [1.54, 1.807) is 19.1 Å². The van der Waals surface area contributed by atoms with E-state index in [9.17, 15) is 18.0 Å². The lowest BCUT2D eigenvalue weighted by Crippen LogP contribution is -2.10. The molecule has 0 aliphatic rings. The summed E-state index contributed by atoms with van der Waals surface area (Å²) >= 11 is 5.13. The van der Waals surface area contributed by atoms with Gasteiger partial charge >= 0.3 is 6.18 Å². The molecule has 0 radical (unpaired) electrons. The van der Waals surface area contributed by atoms with Crippen LogP contribution in [0.2, 0.25) is 0 Å². The Kier molecular flexibility index (Phi) is 3.75. The van der Waals surface area contributed by atoms with Gasteiger partial charge in [-0.25, -0.2) is 0 Å². The quantitative estimate of drug-likeness (QED) is 0.576. The predicted molar refractivity (Wildman–Crippen MR) is 56.1 cm³/mol. The van der Waals surface area contributed by atoms with Gasteiger partial charge < -0.3 is 0 Å². The highest BCUT2D eigenvalue weighted by molar-refractivity contribution is 6.37. The molecule has 1 aromatic carbocycles. The van der Waals surface area contributed by atoms with E-state index in [2.05, 4.69) is 0 Å². The second-order valence-corrected chi connectivity index (χ2v) is 3.59. The third kappa shape index (κ3) is 2.85. The summed E-state index contributed by atoms with van der Waals surface area (Å²) in [5.74, 6) is 0. The summed E-state index contributed by atoms with van der Waals surface area (Å²) in [7, 11) is 0. The molecule has 0 fully saturated rings. The monoisotopic (exact) mass is 248 g/mol. The lowest BCUT2D eigenvalue weighted by Gasteiger charge is -2.09. The SMILES string of the molecule is Cc1cccc(/C(C=O)=C(\Cl)C(F)(F)F)c1. The normalized spacial score (nSPS) is 13.3. The summed E-state index contributed by atoms with van der Waals surface area (Å²) in [6, 6.07) is 6.16. The average molecular weight is 249 g/mol. The van der Waals surface area contributed by atoms with E-state index in [1.165, 1.54) is 12.1 Å². The molecule has 0 aliphatic carbocycles. The van der Waals surface area contributed by atoms with E-state index in [1.807, 2.05) is 0 Å². The maximum absolute atomic E-state index is 12.3. The Labute approximate surface area is 95.5 Å². The molecule has 0 saturated heterocycles. The van der Waals surface area contributed by atoms with Gasteiger partial charge in [0.2, 0.25) is 0 Å². The van der Waals surface area contributed by atoms with E-state index in [-0.39, 0.29) is 11.8 Å². The number of alkyl halides is 3. The minimum Gasteiger partial charge on any atom is -0.298 e. The van der Waals surface area contributed by atoms with Gasteiger partial charge in [-0.05, 0) is 12.5 Å². The van der Waals surface area contributed by atoms with Crippen LogP contribution < -0.4 is 0 Å². The Hall–Kier alpha value is -1.29. The summed E-state index contributed by atoms with van der Waals surface area (Å²) in [5.41, 5.74) is 0.374. The Morgan fingerprint density at radius 1 is 1.38 bits per heavy atom. The van der Waals surface area contributed by atoms with Crippen LogP contribution in [0.1, 0.15) is 11.1 Å². The second-order valence-electron chi connectivity index (χ2n) is 3.21. The molecule has 0 spiro atoms. The number of rotatable bonds is 2. The van der Waals surface area contributed by atoms with Crippen molar-refractivity contribution < 1.29 is 18.0 Å². The van der Waals surface area contributed by atoms with Gasteiger partial charge in [0.25, 0.3) is 0 Å². The summed E-state index contributed by atoms with van der Waals surface area (Å²) in [5, 5.41) is -1.40. The summed E-state index contributed by atoms with van der Waals surface area (Å²) < 4.78 is 37.0. The molecule has 1 nitrogen and oxygen atoms in total. The van der Waals surface area contributed by atoms with E-state index in [0.717, 1.165) is 5.56 Å². The van der Waals surface area contributed by atoms with Gasteiger partial charge in [0.05, 0.1) is 0 Å². The van der Waals surface area contributed by atoms with Gasteiger partial charge in [-0.2, -0.15) is 13.2 Å². The molecule has 0 N–H and O–H groups in total. The van der Waals surface area contributed by atoms with E-state index >= 15 is 0 Å². The fraction of sp³-hybridized carbons (Fsp3) is 0.182. The predicted octanol–water partition coefficient (Wildman–Crippen LogP) is 3.71. The standard InChI is InChI=1S/C11H8ClF3O/c1-7-3-2-4-8(5-7)9(6-16)10(12)11(13,14)15/h2-6H,1H3/b10-9-. The second kappa shape index (κ2) is 4.70. The molecule has 0 bridgehead atoms. The molecule has 1 rings (SSSR count). The van der Waals surface area contributed by atoms with Gasteiger partial charge in [0, 0.05) is 5.57 Å². The first-order valence-corrected chi connectivity index (χ1v) is 4.73. The first-order chi connectivity index (χ1) is 7.36. The lowest BCUT2D eigenvalue weighted by atomic mass is 10.0. The molecule has 16 heavy (non-hydrogen) atoms. The van der Waals surface area contributed by atoms with Gasteiger partial charge in [-0.1, -0.05) is 41.4 Å². The number of carbonyl (C=O) groups is 1. The van der Waals surface area contributed by atoms with Crippen molar-refractivity contribution in [1.29, 1.82) is 0 Å². The summed E-state index contributed by atoms with van der Waals surface area (Å²) in [6.45, 7) is 1.72. The van der Waals surface area contributed by atoms with Crippen molar-refractivity contribution in [2.75, 3.05) is 0 Å².